The Bertz CT molecular complexity index is 55.9. The second kappa shape index (κ2) is 10.5. The van der Waals surface area contributed by atoms with Crippen LogP contribution < -0.4 is 5.73 Å². The molecule has 0 aliphatic rings. The summed E-state index contributed by atoms with van der Waals surface area (Å²) < 4.78 is 0. The molecule has 0 saturated heterocycles. The van der Waals surface area contributed by atoms with E-state index >= 15 is 0 Å². The van der Waals surface area contributed by atoms with Gasteiger partial charge in [0.25, 0.3) is 0 Å². The molecule has 0 aliphatic carbocycles. The summed E-state index contributed by atoms with van der Waals surface area (Å²) in [6.45, 7) is 5.73. The molecule has 0 rings (SSSR count). The van der Waals surface area contributed by atoms with E-state index in [4.69, 9.17) is 0 Å². The highest BCUT2D eigenvalue weighted by Crippen LogP contribution is 1.88. The molecule has 9 heavy (non-hydrogen) atoms. The van der Waals surface area contributed by atoms with E-state index in [1.165, 1.54) is 26.2 Å². The van der Waals surface area contributed by atoms with Gasteiger partial charge in [-0.25, -0.2) is 0 Å². The first-order valence-electron chi connectivity index (χ1n) is 3.41. The molecule has 0 fully saturated rings. The Morgan fingerprint density at radius 2 is 1.56 bits per heavy atom. The van der Waals surface area contributed by atoms with Crippen LogP contribution in [0.1, 0.15) is 40.0 Å². The Labute approximate surface area is 57.4 Å². The number of hydrogen-bond donors (Lipinski definition) is 1. The molecule has 0 aromatic heterocycles. The van der Waals surface area contributed by atoms with Gasteiger partial charge in [0.1, 0.15) is 0 Å². The normalized spacial score (nSPS) is 7.44. The third kappa shape index (κ3) is 103. The first kappa shape index (κ1) is 11.3. The second-order valence-electron chi connectivity index (χ2n) is 1.96. The molecule has 0 bridgehead atoms. The molecule has 0 unspecified atom stereocenters. The summed E-state index contributed by atoms with van der Waals surface area (Å²) in [5.74, 6) is -0.333. The Morgan fingerprint density at radius 3 is 1.56 bits per heavy atom. The molecule has 0 radical (unpaired) electrons. The lowest BCUT2D eigenvalue weighted by molar-refractivity contribution is -0.115. The van der Waals surface area contributed by atoms with Crippen LogP contribution in [0, 0.1) is 0 Å². The zero-order valence-corrected chi connectivity index (χ0v) is 6.61. The van der Waals surface area contributed by atoms with Crippen LogP contribution in [0.15, 0.2) is 0 Å². The van der Waals surface area contributed by atoms with E-state index in [0.717, 1.165) is 0 Å². The summed E-state index contributed by atoms with van der Waals surface area (Å²) in [6.07, 6.45) is 4.08. The van der Waals surface area contributed by atoms with E-state index in [9.17, 15) is 4.79 Å². The fourth-order valence-corrected chi connectivity index (χ4v) is 0.354. The number of amides is 1. The first-order valence-corrected chi connectivity index (χ1v) is 3.41. The first-order chi connectivity index (χ1) is 4.15. The van der Waals surface area contributed by atoms with Crippen molar-refractivity contribution < 1.29 is 4.79 Å². The van der Waals surface area contributed by atoms with Crippen molar-refractivity contribution in [1.29, 1.82) is 0 Å². The maximum Gasteiger partial charge on any atom is 0.214 e. The predicted octanol–water partition coefficient (Wildman–Crippen LogP) is 1.69. The molecule has 0 atom stereocenters. The molecule has 2 heteroatoms. The Morgan fingerprint density at radius 1 is 1.33 bits per heavy atom. The van der Waals surface area contributed by atoms with E-state index in [1.54, 1.807) is 0 Å². The molecule has 0 saturated carbocycles. The number of nitrogens with two attached hydrogens (primary N) is 1. The lowest BCUT2D eigenvalue weighted by Crippen LogP contribution is -2.01. The summed E-state index contributed by atoms with van der Waals surface area (Å²) in [7, 11) is 0. The largest absolute Gasteiger partial charge is 0.370 e. The molecule has 0 spiro atoms. The molecule has 56 valence electrons. The molecule has 2 nitrogen and oxygen atoms in total. The fraction of sp³-hybridized carbons (Fsp3) is 0.857. The quantitative estimate of drug-likeness (QED) is 0.608. The summed E-state index contributed by atoms with van der Waals surface area (Å²) in [5, 5.41) is 0. The van der Waals surface area contributed by atoms with E-state index < -0.39 is 0 Å². The Hall–Kier alpha value is -0.530. The molecular formula is C7H17NO. The van der Waals surface area contributed by atoms with Gasteiger partial charge < -0.3 is 5.73 Å². The van der Waals surface area contributed by atoms with Crippen LogP contribution >= 0.6 is 0 Å². The van der Waals surface area contributed by atoms with Gasteiger partial charge in [0.15, 0.2) is 0 Å². The van der Waals surface area contributed by atoms with Crippen molar-refractivity contribution in [3.63, 3.8) is 0 Å². The van der Waals surface area contributed by atoms with Gasteiger partial charge in [-0.15, -0.1) is 0 Å². The standard InChI is InChI=1S/C5H12.C2H5NO/c1-3-5-4-2;1-2(3)4/h3-5H2,1-2H3;1H3,(H2,3,4). The second-order valence-corrected chi connectivity index (χ2v) is 1.96. The average molecular weight is 131 g/mol. The van der Waals surface area contributed by atoms with Gasteiger partial charge in [-0.1, -0.05) is 33.1 Å². The van der Waals surface area contributed by atoms with E-state index in [-0.39, 0.29) is 5.91 Å². The smallest absolute Gasteiger partial charge is 0.214 e. The lowest BCUT2D eigenvalue weighted by atomic mass is 10.3. The average Bonchev–Trinajstić information content (AvgIpc) is 1.66. The van der Waals surface area contributed by atoms with Crippen LogP contribution in [0.25, 0.3) is 0 Å². The zero-order valence-electron chi connectivity index (χ0n) is 6.61. The summed E-state index contributed by atoms with van der Waals surface area (Å²) >= 11 is 0. The molecule has 0 heterocycles. The van der Waals surface area contributed by atoms with Crippen molar-refractivity contribution in [3.05, 3.63) is 0 Å². The van der Waals surface area contributed by atoms with E-state index in [1.807, 2.05) is 0 Å². The van der Waals surface area contributed by atoms with Gasteiger partial charge in [0.2, 0.25) is 5.91 Å². The molecule has 2 N–H and O–H groups in total. The molecule has 0 aromatic rings. The lowest BCUT2D eigenvalue weighted by Gasteiger charge is -1.79. The molecule has 0 aliphatic heterocycles. The number of carbonyl (C=O) groups is 1. The van der Waals surface area contributed by atoms with Crippen LogP contribution in [-0.4, -0.2) is 5.91 Å². The molecular weight excluding hydrogens is 114 g/mol. The highest BCUT2D eigenvalue weighted by atomic mass is 16.1. The highest BCUT2D eigenvalue weighted by molar-refractivity contribution is 5.70. The van der Waals surface area contributed by atoms with Gasteiger partial charge in [-0.2, -0.15) is 0 Å². The number of carbonyl (C=O) groups excluding carboxylic acids is 1. The Balaban J connectivity index is 0. The molecule has 1 amide bonds. The minimum absolute atomic E-state index is 0.333. The number of unbranched alkanes of at least 4 members (excludes halogenated alkanes) is 2. The van der Waals surface area contributed by atoms with Crippen LogP contribution in [0.3, 0.4) is 0 Å². The third-order valence-corrected chi connectivity index (χ3v) is 0.707. The summed E-state index contributed by atoms with van der Waals surface area (Å²) in [5.41, 5.74) is 4.47. The topological polar surface area (TPSA) is 43.1 Å². The van der Waals surface area contributed by atoms with Crippen molar-refractivity contribution in [3.8, 4) is 0 Å². The van der Waals surface area contributed by atoms with Crippen LogP contribution in [0.2, 0.25) is 0 Å². The maximum absolute atomic E-state index is 9.22. The van der Waals surface area contributed by atoms with Gasteiger partial charge in [0.05, 0.1) is 0 Å². The van der Waals surface area contributed by atoms with E-state index in [0.29, 0.717) is 0 Å². The number of primary amides is 1. The molecule has 0 aromatic carbocycles. The SMILES string of the molecule is CC(N)=O.CCCCC. The third-order valence-electron chi connectivity index (χ3n) is 0.707. The monoisotopic (exact) mass is 131 g/mol. The maximum atomic E-state index is 9.22. The van der Waals surface area contributed by atoms with Crippen LogP contribution in [0.5, 0.6) is 0 Å². The highest BCUT2D eigenvalue weighted by Gasteiger charge is 1.68. The van der Waals surface area contributed by atoms with Gasteiger partial charge in [-0.3, -0.25) is 4.79 Å². The van der Waals surface area contributed by atoms with Crippen molar-refractivity contribution in [2.45, 2.75) is 40.0 Å². The van der Waals surface area contributed by atoms with Crippen LogP contribution in [0.4, 0.5) is 0 Å². The summed E-state index contributed by atoms with van der Waals surface area (Å²) in [4.78, 5) is 9.22. The minimum atomic E-state index is -0.333. The van der Waals surface area contributed by atoms with Crippen molar-refractivity contribution >= 4 is 5.91 Å². The number of hydrogen-bond acceptors (Lipinski definition) is 1. The fourth-order valence-electron chi connectivity index (χ4n) is 0.354. The summed E-state index contributed by atoms with van der Waals surface area (Å²) in [6, 6.07) is 0. The van der Waals surface area contributed by atoms with Crippen LogP contribution in [-0.2, 0) is 4.79 Å². The zero-order chi connectivity index (χ0) is 7.70. The van der Waals surface area contributed by atoms with Crippen molar-refractivity contribution in [1.82, 2.24) is 0 Å². The predicted molar refractivity (Wildman–Crippen MR) is 40.1 cm³/mol. The van der Waals surface area contributed by atoms with Gasteiger partial charge in [0, 0.05) is 6.92 Å². The van der Waals surface area contributed by atoms with Crippen molar-refractivity contribution in [2.75, 3.05) is 0 Å². The van der Waals surface area contributed by atoms with Gasteiger partial charge >= 0.3 is 0 Å². The van der Waals surface area contributed by atoms with E-state index in [2.05, 4.69) is 19.6 Å². The number of rotatable bonds is 2. The minimum Gasteiger partial charge on any atom is -0.370 e. The Kier molecular flexibility index (Phi) is 13.1. The van der Waals surface area contributed by atoms with Gasteiger partial charge in [-0.05, 0) is 0 Å². The van der Waals surface area contributed by atoms with Crippen molar-refractivity contribution in [2.24, 2.45) is 5.73 Å².